The molecular formula is C36H34S2. The molecule has 2 heteroatoms. The van der Waals surface area contributed by atoms with E-state index in [0.29, 0.717) is 0 Å². The predicted octanol–water partition coefficient (Wildman–Crippen LogP) is 10.6. The van der Waals surface area contributed by atoms with Gasteiger partial charge in [0.05, 0.1) is 0 Å². The van der Waals surface area contributed by atoms with Crippen LogP contribution >= 0.6 is 25.3 Å². The maximum absolute atomic E-state index is 4.45. The molecular weight excluding hydrogens is 497 g/mol. The van der Waals surface area contributed by atoms with Crippen LogP contribution in [0.1, 0.15) is 37.5 Å². The molecule has 0 unspecified atom stereocenters. The Hall–Kier alpha value is -3.20. The Kier molecular flexibility index (Phi) is 8.12. The Labute approximate surface area is 238 Å². The van der Waals surface area contributed by atoms with Crippen LogP contribution in [0.25, 0.3) is 44.5 Å². The van der Waals surface area contributed by atoms with Crippen molar-refractivity contribution in [2.24, 2.45) is 0 Å². The van der Waals surface area contributed by atoms with Gasteiger partial charge in [-0.3, -0.25) is 0 Å². The van der Waals surface area contributed by atoms with Gasteiger partial charge in [0.15, 0.2) is 0 Å². The first kappa shape index (κ1) is 26.4. The lowest BCUT2D eigenvalue weighted by Crippen LogP contribution is -1.95. The van der Waals surface area contributed by atoms with Crippen molar-refractivity contribution in [2.45, 2.75) is 49.8 Å². The van der Waals surface area contributed by atoms with E-state index in [9.17, 15) is 0 Å². The van der Waals surface area contributed by atoms with E-state index < -0.39 is 0 Å². The molecule has 38 heavy (non-hydrogen) atoms. The van der Waals surface area contributed by atoms with Crippen molar-refractivity contribution >= 4 is 25.3 Å². The summed E-state index contributed by atoms with van der Waals surface area (Å²) in [5.74, 6) is 0. The maximum atomic E-state index is 4.45. The fraction of sp³-hybridized carbons (Fsp3) is 0.167. The fourth-order valence-corrected chi connectivity index (χ4v) is 5.61. The standard InChI is InChI=1S/C36H34S2/c1-4-24-21-29(27-7-14-32(37)15-8-27)11-18-35(24)31-13-20-36(26(6-3)23-31)30-12-19-34(25(5-2)22-30)28-9-16-33(38)17-10-28/h7-23,37-38H,4-6H2,1-3H3. The second kappa shape index (κ2) is 11.7. The summed E-state index contributed by atoms with van der Waals surface area (Å²) >= 11 is 8.88. The first-order valence-electron chi connectivity index (χ1n) is 13.5. The number of rotatable bonds is 7. The minimum Gasteiger partial charge on any atom is -0.143 e. The van der Waals surface area contributed by atoms with Crippen LogP contribution in [-0.4, -0.2) is 0 Å². The van der Waals surface area contributed by atoms with Gasteiger partial charge in [-0.1, -0.05) is 99.6 Å². The summed E-state index contributed by atoms with van der Waals surface area (Å²) < 4.78 is 0. The number of hydrogen-bond acceptors (Lipinski definition) is 2. The van der Waals surface area contributed by atoms with E-state index in [1.54, 1.807) is 0 Å². The molecule has 0 radical (unpaired) electrons. The third-order valence-electron chi connectivity index (χ3n) is 7.46. The Bertz CT molecular complexity index is 1560. The van der Waals surface area contributed by atoms with Crippen LogP contribution in [0, 0.1) is 0 Å². The van der Waals surface area contributed by atoms with Gasteiger partial charge in [-0.05, 0) is 105 Å². The highest BCUT2D eigenvalue weighted by molar-refractivity contribution is 7.80. The molecule has 0 nitrogen and oxygen atoms in total. The third-order valence-corrected chi connectivity index (χ3v) is 8.06. The van der Waals surface area contributed by atoms with E-state index in [4.69, 9.17) is 0 Å². The first-order chi connectivity index (χ1) is 18.5. The molecule has 5 aromatic rings. The molecule has 5 rings (SSSR count). The number of hydrogen-bond donors (Lipinski definition) is 2. The van der Waals surface area contributed by atoms with Crippen molar-refractivity contribution in [3.05, 3.63) is 120 Å². The smallest absolute Gasteiger partial charge is 0.00404 e. The molecule has 0 spiro atoms. The van der Waals surface area contributed by atoms with Gasteiger partial charge in [-0.25, -0.2) is 0 Å². The lowest BCUT2D eigenvalue weighted by Gasteiger charge is -2.16. The zero-order valence-corrected chi connectivity index (χ0v) is 24.1. The van der Waals surface area contributed by atoms with Gasteiger partial charge in [-0.15, -0.1) is 25.3 Å². The molecule has 0 saturated carbocycles. The van der Waals surface area contributed by atoms with E-state index in [1.165, 1.54) is 61.2 Å². The lowest BCUT2D eigenvalue weighted by molar-refractivity contribution is 1.13. The number of aryl methyl sites for hydroxylation is 3. The van der Waals surface area contributed by atoms with Gasteiger partial charge in [0.2, 0.25) is 0 Å². The van der Waals surface area contributed by atoms with Crippen LogP contribution in [0.4, 0.5) is 0 Å². The highest BCUT2D eigenvalue weighted by Gasteiger charge is 2.12. The van der Waals surface area contributed by atoms with Crippen LogP contribution < -0.4 is 0 Å². The number of thiol groups is 2. The summed E-state index contributed by atoms with van der Waals surface area (Å²) in [7, 11) is 0. The average molecular weight is 531 g/mol. The second-order valence-electron chi connectivity index (χ2n) is 9.77. The van der Waals surface area contributed by atoms with Gasteiger partial charge in [0, 0.05) is 9.79 Å². The van der Waals surface area contributed by atoms with Gasteiger partial charge in [-0.2, -0.15) is 0 Å². The highest BCUT2D eigenvalue weighted by Crippen LogP contribution is 2.36. The second-order valence-corrected chi connectivity index (χ2v) is 10.8. The summed E-state index contributed by atoms with van der Waals surface area (Å²) in [5, 5.41) is 0. The molecule has 0 aliphatic rings. The van der Waals surface area contributed by atoms with Crippen molar-refractivity contribution in [1.82, 2.24) is 0 Å². The molecule has 0 aliphatic carbocycles. The molecule has 0 atom stereocenters. The summed E-state index contributed by atoms with van der Waals surface area (Å²) in [6, 6.07) is 37.7. The Morgan fingerprint density at radius 3 is 1.11 bits per heavy atom. The number of benzene rings is 5. The van der Waals surface area contributed by atoms with E-state index in [-0.39, 0.29) is 0 Å². The van der Waals surface area contributed by atoms with Crippen molar-refractivity contribution in [3.63, 3.8) is 0 Å². The van der Waals surface area contributed by atoms with Crippen LogP contribution in [0.15, 0.2) is 113 Å². The Morgan fingerprint density at radius 2 is 0.684 bits per heavy atom. The highest BCUT2D eigenvalue weighted by atomic mass is 32.1. The van der Waals surface area contributed by atoms with Crippen molar-refractivity contribution in [2.75, 3.05) is 0 Å². The van der Waals surface area contributed by atoms with E-state index in [0.717, 1.165) is 29.1 Å². The van der Waals surface area contributed by atoms with E-state index >= 15 is 0 Å². The average Bonchev–Trinajstić information content (AvgIpc) is 2.97. The molecule has 0 amide bonds. The van der Waals surface area contributed by atoms with Gasteiger partial charge < -0.3 is 0 Å². The summed E-state index contributed by atoms with van der Waals surface area (Å²) in [6.07, 6.45) is 2.98. The van der Waals surface area contributed by atoms with E-state index in [2.05, 4.69) is 149 Å². The third kappa shape index (κ3) is 5.48. The van der Waals surface area contributed by atoms with Crippen molar-refractivity contribution in [1.29, 1.82) is 0 Å². The SMILES string of the molecule is CCc1cc(-c2ccc(S)cc2)ccc1-c1ccc(-c2ccc(-c3ccc(S)cc3)c(CC)c2)c(CC)c1. The van der Waals surface area contributed by atoms with Crippen molar-refractivity contribution < 1.29 is 0 Å². The predicted molar refractivity (Wildman–Crippen MR) is 171 cm³/mol. The van der Waals surface area contributed by atoms with E-state index in [1.807, 2.05) is 0 Å². The summed E-state index contributed by atoms with van der Waals surface area (Å²) in [4.78, 5) is 1.98. The zero-order chi connectivity index (χ0) is 26.6. The summed E-state index contributed by atoms with van der Waals surface area (Å²) in [6.45, 7) is 6.74. The Morgan fingerprint density at radius 1 is 0.368 bits per heavy atom. The van der Waals surface area contributed by atoms with Crippen molar-refractivity contribution in [3.8, 4) is 44.5 Å². The Balaban J connectivity index is 1.51. The monoisotopic (exact) mass is 530 g/mol. The minimum atomic E-state index is 0.987. The lowest BCUT2D eigenvalue weighted by atomic mass is 9.88. The van der Waals surface area contributed by atoms with Gasteiger partial charge in [0.25, 0.3) is 0 Å². The minimum absolute atomic E-state index is 0.987. The van der Waals surface area contributed by atoms with Gasteiger partial charge in [0.1, 0.15) is 0 Å². The molecule has 190 valence electrons. The molecule has 5 aromatic carbocycles. The normalized spacial score (nSPS) is 11.1. The van der Waals surface area contributed by atoms with Crippen LogP contribution in [0.2, 0.25) is 0 Å². The molecule has 0 fully saturated rings. The summed E-state index contributed by atoms with van der Waals surface area (Å²) in [5.41, 5.74) is 14.4. The molecule has 0 bridgehead atoms. The molecule has 0 aliphatic heterocycles. The molecule has 0 aromatic heterocycles. The zero-order valence-electron chi connectivity index (χ0n) is 22.3. The van der Waals surface area contributed by atoms with Gasteiger partial charge >= 0.3 is 0 Å². The van der Waals surface area contributed by atoms with Crippen LogP contribution in [0.5, 0.6) is 0 Å². The maximum Gasteiger partial charge on any atom is 0.00404 e. The molecule has 0 saturated heterocycles. The molecule has 0 N–H and O–H groups in total. The van der Waals surface area contributed by atoms with Crippen LogP contribution in [0.3, 0.4) is 0 Å². The van der Waals surface area contributed by atoms with Crippen LogP contribution in [-0.2, 0) is 19.3 Å². The first-order valence-corrected chi connectivity index (χ1v) is 14.4. The largest absolute Gasteiger partial charge is 0.143 e. The quantitative estimate of drug-likeness (QED) is 0.192. The fourth-order valence-electron chi connectivity index (χ4n) is 5.31. The topological polar surface area (TPSA) is 0 Å². The molecule has 0 heterocycles.